The number of hydrogen-bond acceptors (Lipinski definition) is 4. The number of ether oxygens (including phenoxy) is 1. The van der Waals surface area contributed by atoms with Crippen molar-refractivity contribution in [1.29, 1.82) is 0 Å². The Kier molecular flexibility index (Phi) is 9.29. The predicted octanol–water partition coefficient (Wildman–Crippen LogP) is -0.0120. The van der Waals surface area contributed by atoms with Gasteiger partial charge in [0.1, 0.15) is 0 Å². The number of nitrogens with one attached hydrogen (secondary N) is 1. The Labute approximate surface area is 94.9 Å². The Morgan fingerprint density at radius 1 is 1.40 bits per heavy atom. The molecular formula is C10H23NO3S. The van der Waals surface area contributed by atoms with Crippen molar-refractivity contribution < 1.29 is 14.1 Å². The van der Waals surface area contributed by atoms with Crippen molar-refractivity contribution in [2.45, 2.75) is 20.0 Å². The van der Waals surface area contributed by atoms with E-state index in [4.69, 9.17) is 4.74 Å². The molecule has 0 bridgehead atoms. The molecule has 4 nitrogen and oxygen atoms in total. The molecule has 0 saturated heterocycles. The van der Waals surface area contributed by atoms with E-state index in [2.05, 4.69) is 5.32 Å². The second-order valence-electron chi connectivity index (χ2n) is 4.02. The van der Waals surface area contributed by atoms with Gasteiger partial charge in [0.2, 0.25) is 0 Å². The Hall–Kier alpha value is 0.0300. The van der Waals surface area contributed by atoms with E-state index < -0.39 is 16.9 Å². The molecule has 0 aromatic rings. The number of aliphatic hydroxyl groups is 1. The molecule has 0 radical (unpaired) electrons. The molecule has 0 aliphatic heterocycles. The number of methoxy groups -OCH3 is 1. The monoisotopic (exact) mass is 237 g/mol. The van der Waals surface area contributed by atoms with Crippen LogP contribution >= 0.6 is 0 Å². The molecule has 0 rings (SSSR count). The van der Waals surface area contributed by atoms with Crippen LogP contribution in [-0.2, 0) is 15.5 Å². The third-order valence-electron chi connectivity index (χ3n) is 1.76. The number of hydrogen-bond donors (Lipinski definition) is 2. The van der Waals surface area contributed by atoms with E-state index in [1.54, 1.807) is 7.11 Å². The summed E-state index contributed by atoms with van der Waals surface area (Å²) in [7, 11) is 0.726. The van der Waals surface area contributed by atoms with E-state index in [1.807, 2.05) is 13.8 Å². The summed E-state index contributed by atoms with van der Waals surface area (Å²) >= 11 is 0. The summed E-state index contributed by atoms with van der Waals surface area (Å²) in [5.41, 5.74) is 0. The fourth-order valence-electron chi connectivity index (χ4n) is 1.16. The molecule has 0 aromatic carbocycles. The topological polar surface area (TPSA) is 58.6 Å². The summed E-state index contributed by atoms with van der Waals surface area (Å²) in [6, 6.07) is 0. The summed E-state index contributed by atoms with van der Waals surface area (Å²) in [4.78, 5) is 0. The third kappa shape index (κ3) is 10.3. The maximum absolute atomic E-state index is 11.5. The van der Waals surface area contributed by atoms with E-state index in [0.29, 0.717) is 37.1 Å². The minimum Gasteiger partial charge on any atom is -0.391 e. The van der Waals surface area contributed by atoms with Crippen molar-refractivity contribution in [3.05, 3.63) is 0 Å². The highest BCUT2D eigenvalue weighted by atomic mass is 32.2. The number of aliphatic hydroxyl groups excluding tert-OH is 1. The van der Waals surface area contributed by atoms with Crippen LogP contribution in [0.3, 0.4) is 0 Å². The molecule has 0 aliphatic rings. The van der Waals surface area contributed by atoms with Crippen LogP contribution in [0.5, 0.6) is 0 Å². The zero-order chi connectivity index (χ0) is 11.7. The molecule has 92 valence electrons. The van der Waals surface area contributed by atoms with E-state index >= 15 is 0 Å². The largest absolute Gasteiger partial charge is 0.391 e. The highest BCUT2D eigenvalue weighted by Gasteiger charge is 2.10. The average molecular weight is 237 g/mol. The van der Waals surface area contributed by atoms with Crippen molar-refractivity contribution in [1.82, 2.24) is 5.32 Å². The Morgan fingerprint density at radius 3 is 2.60 bits per heavy atom. The Balaban J connectivity index is 3.46. The van der Waals surface area contributed by atoms with Crippen LogP contribution in [0.15, 0.2) is 0 Å². The SMILES string of the molecule is COCCNCC(O)CS(=O)CC(C)C. The second kappa shape index (κ2) is 9.27. The molecule has 0 amide bonds. The van der Waals surface area contributed by atoms with Gasteiger partial charge in [0.25, 0.3) is 0 Å². The maximum Gasteiger partial charge on any atom is 0.0779 e. The molecule has 0 saturated carbocycles. The van der Waals surface area contributed by atoms with Crippen molar-refractivity contribution in [3.63, 3.8) is 0 Å². The van der Waals surface area contributed by atoms with Gasteiger partial charge in [-0.15, -0.1) is 0 Å². The molecule has 0 aromatic heterocycles. The Morgan fingerprint density at radius 2 is 2.07 bits per heavy atom. The van der Waals surface area contributed by atoms with Gasteiger partial charge in [-0.2, -0.15) is 0 Å². The molecule has 2 atom stereocenters. The van der Waals surface area contributed by atoms with Gasteiger partial charge in [-0.3, -0.25) is 4.21 Å². The first-order chi connectivity index (χ1) is 7.06. The molecule has 2 unspecified atom stereocenters. The van der Waals surface area contributed by atoms with Gasteiger partial charge in [-0.1, -0.05) is 13.8 Å². The lowest BCUT2D eigenvalue weighted by molar-refractivity contribution is 0.174. The fourth-order valence-corrected chi connectivity index (χ4v) is 2.58. The average Bonchev–Trinajstić information content (AvgIpc) is 2.10. The van der Waals surface area contributed by atoms with Crippen LogP contribution in [0.1, 0.15) is 13.8 Å². The van der Waals surface area contributed by atoms with Crippen LogP contribution in [-0.4, -0.2) is 53.7 Å². The Bertz CT molecular complexity index is 176. The summed E-state index contributed by atoms with van der Waals surface area (Å²) in [5, 5.41) is 12.6. The molecule has 0 aliphatic carbocycles. The molecular weight excluding hydrogens is 214 g/mol. The maximum atomic E-state index is 11.5. The molecule has 15 heavy (non-hydrogen) atoms. The molecule has 2 N–H and O–H groups in total. The third-order valence-corrected chi connectivity index (χ3v) is 3.56. The predicted molar refractivity (Wildman–Crippen MR) is 63.5 cm³/mol. The zero-order valence-electron chi connectivity index (χ0n) is 9.86. The molecule has 0 heterocycles. The molecule has 0 spiro atoms. The van der Waals surface area contributed by atoms with Crippen LogP contribution in [0.25, 0.3) is 0 Å². The van der Waals surface area contributed by atoms with Gasteiger partial charge in [-0.25, -0.2) is 0 Å². The summed E-state index contributed by atoms with van der Waals surface area (Å²) < 4.78 is 16.3. The van der Waals surface area contributed by atoms with Crippen LogP contribution in [0.4, 0.5) is 0 Å². The highest BCUT2D eigenvalue weighted by molar-refractivity contribution is 7.85. The zero-order valence-corrected chi connectivity index (χ0v) is 10.7. The normalized spacial score (nSPS) is 15.5. The second-order valence-corrected chi connectivity index (χ2v) is 5.56. The van der Waals surface area contributed by atoms with E-state index in [1.165, 1.54) is 0 Å². The van der Waals surface area contributed by atoms with E-state index in [9.17, 15) is 9.32 Å². The minimum absolute atomic E-state index is 0.359. The molecule has 0 fully saturated rings. The fraction of sp³-hybridized carbons (Fsp3) is 1.00. The van der Waals surface area contributed by atoms with Crippen molar-refractivity contribution in [3.8, 4) is 0 Å². The first-order valence-electron chi connectivity index (χ1n) is 5.29. The minimum atomic E-state index is -0.909. The van der Waals surface area contributed by atoms with Gasteiger partial charge >= 0.3 is 0 Å². The lowest BCUT2D eigenvalue weighted by atomic mass is 10.3. The standard InChI is InChI=1S/C10H23NO3S/c1-9(2)7-15(13)8-10(12)6-11-4-5-14-3/h9-12H,4-8H2,1-3H3. The summed E-state index contributed by atoms with van der Waals surface area (Å²) in [6.07, 6.45) is -0.526. The van der Waals surface area contributed by atoms with Crippen molar-refractivity contribution in [2.75, 3.05) is 38.3 Å². The van der Waals surface area contributed by atoms with Crippen LogP contribution in [0.2, 0.25) is 0 Å². The van der Waals surface area contributed by atoms with Gasteiger partial charge in [0.05, 0.1) is 18.5 Å². The lowest BCUT2D eigenvalue weighted by Gasteiger charge is -2.12. The summed E-state index contributed by atoms with van der Waals surface area (Å²) in [6.45, 7) is 5.88. The first kappa shape index (κ1) is 15.0. The number of rotatable bonds is 9. The van der Waals surface area contributed by atoms with E-state index in [0.717, 1.165) is 0 Å². The van der Waals surface area contributed by atoms with Crippen molar-refractivity contribution in [2.24, 2.45) is 5.92 Å². The van der Waals surface area contributed by atoms with Gasteiger partial charge in [0.15, 0.2) is 0 Å². The molecule has 5 heteroatoms. The van der Waals surface area contributed by atoms with E-state index in [-0.39, 0.29) is 0 Å². The highest BCUT2D eigenvalue weighted by Crippen LogP contribution is 1.97. The lowest BCUT2D eigenvalue weighted by Crippen LogP contribution is -2.33. The van der Waals surface area contributed by atoms with Gasteiger partial charge < -0.3 is 15.2 Å². The van der Waals surface area contributed by atoms with Crippen molar-refractivity contribution >= 4 is 10.8 Å². The first-order valence-corrected chi connectivity index (χ1v) is 6.77. The van der Waals surface area contributed by atoms with Gasteiger partial charge in [0, 0.05) is 36.8 Å². The summed E-state index contributed by atoms with van der Waals surface area (Å²) in [5.74, 6) is 1.44. The van der Waals surface area contributed by atoms with Crippen LogP contribution < -0.4 is 5.32 Å². The smallest absolute Gasteiger partial charge is 0.0779 e. The van der Waals surface area contributed by atoms with Gasteiger partial charge in [-0.05, 0) is 5.92 Å². The van der Waals surface area contributed by atoms with Crippen LogP contribution in [0, 0.1) is 5.92 Å². The quantitative estimate of drug-likeness (QED) is 0.554.